The first-order valence-corrected chi connectivity index (χ1v) is 8.42. The van der Waals surface area contributed by atoms with E-state index in [0.717, 1.165) is 6.42 Å². The van der Waals surface area contributed by atoms with Crippen molar-refractivity contribution in [2.24, 2.45) is 5.73 Å². The van der Waals surface area contributed by atoms with Crippen LogP contribution in [0.2, 0.25) is 0 Å². The molecule has 1 unspecified atom stereocenters. The Morgan fingerprint density at radius 3 is 2.75 bits per heavy atom. The van der Waals surface area contributed by atoms with Crippen molar-refractivity contribution >= 4 is 15.7 Å². The van der Waals surface area contributed by atoms with Crippen molar-refractivity contribution in [1.82, 2.24) is 5.32 Å². The predicted octanol–water partition coefficient (Wildman–Crippen LogP) is 0.934. The van der Waals surface area contributed by atoms with Gasteiger partial charge in [-0.05, 0) is 31.0 Å². The molecule has 6 heteroatoms. The molecule has 110 valence electrons. The monoisotopic (exact) mass is 296 g/mol. The van der Waals surface area contributed by atoms with Crippen molar-refractivity contribution < 1.29 is 13.2 Å². The highest BCUT2D eigenvalue weighted by atomic mass is 32.2. The first kappa shape index (κ1) is 15.0. The second-order valence-electron chi connectivity index (χ2n) is 5.22. The summed E-state index contributed by atoms with van der Waals surface area (Å²) in [6.07, 6.45) is 1.38. The zero-order chi connectivity index (χ0) is 14.8. The van der Waals surface area contributed by atoms with Gasteiger partial charge in [0.05, 0.1) is 16.2 Å². The molecule has 0 aliphatic carbocycles. The number of benzene rings is 1. The number of fused-ring (bicyclic) bond motifs is 1. The fraction of sp³-hybridized carbons (Fsp3) is 0.500. The van der Waals surface area contributed by atoms with Crippen molar-refractivity contribution in [2.45, 2.75) is 36.6 Å². The van der Waals surface area contributed by atoms with Gasteiger partial charge in [0.1, 0.15) is 0 Å². The van der Waals surface area contributed by atoms with Crippen LogP contribution in [0.25, 0.3) is 0 Å². The number of hydrogen-bond acceptors (Lipinski definition) is 4. The van der Waals surface area contributed by atoms with E-state index < -0.39 is 21.3 Å². The summed E-state index contributed by atoms with van der Waals surface area (Å²) in [5, 5.41) is 3.34. The Kier molecular flexibility index (Phi) is 4.15. The molecular formula is C14H20N2O3S. The Bertz CT molecular complexity index is 613. The summed E-state index contributed by atoms with van der Waals surface area (Å²) < 4.78 is 24.4. The highest BCUT2D eigenvalue weighted by Gasteiger charge is 2.42. The van der Waals surface area contributed by atoms with Crippen LogP contribution in [0.5, 0.6) is 0 Å². The van der Waals surface area contributed by atoms with Gasteiger partial charge < -0.3 is 11.1 Å². The molecule has 0 radical (unpaired) electrons. The third-order valence-electron chi connectivity index (χ3n) is 3.72. The maximum absolute atomic E-state index is 12.2. The molecule has 5 nitrogen and oxygen atoms in total. The summed E-state index contributed by atoms with van der Waals surface area (Å²) in [6.45, 7) is 2.73. The minimum absolute atomic E-state index is 0.0357. The van der Waals surface area contributed by atoms with Crippen LogP contribution in [0.15, 0.2) is 29.2 Å². The number of nitrogens with two attached hydrogens (primary N) is 1. The van der Waals surface area contributed by atoms with Gasteiger partial charge in [0.2, 0.25) is 5.91 Å². The molecule has 0 bridgehead atoms. The third kappa shape index (κ3) is 2.71. The minimum Gasteiger partial charge on any atom is -0.370 e. The number of rotatable bonds is 5. The Balaban J connectivity index is 2.55. The van der Waals surface area contributed by atoms with Gasteiger partial charge in [0.15, 0.2) is 9.84 Å². The van der Waals surface area contributed by atoms with Gasteiger partial charge in [0, 0.05) is 6.42 Å². The number of hydrogen-bond donors (Lipinski definition) is 2. The highest BCUT2D eigenvalue weighted by molar-refractivity contribution is 7.91. The first-order valence-electron chi connectivity index (χ1n) is 6.77. The molecule has 1 aliphatic rings. The maximum atomic E-state index is 12.2. The molecule has 2 rings (SSSR count). The van der Waals surface area contributed by atoms with Crippen LogP contribution in [-0.4, -0.2) is 26.6 Å². The summed E-state index contributed by atoms with van der Waals surface area (Å²) >= 11 is 0. The van der Waals surface area contributed by atoms with Crippen LogP contribution >= 0.6 is 0 Å². The van der Waals surface area contributed by atoms with Gasteiger partial charge in [-0.3, -0.25) is 4.79 Å². The fourth-order valence-corrected chi connectivity index (χ4v) is 4.50. The number of amides is 1. The topological polar surface area (TPSA) is 89.3 Å². The minimum atomic E-state index is -3.27. The average molecular weight is 296 g/mol. The van der Waals surface area contributed by atoms with Crippen LogP contribution in [-0.2, 0) is 20.2 Å². The van der Waals surface area contributed by atoms with Crippen molar-refractivity contribution in [1.29, 1.82) is 0 Å². The molecule has 0 spiro atoms. The molecule has 0 fully saturated rings. The molecule has 1 aliphatic heterocycles. The average Bonchev–Trinajstić information content (AvgIpc) is 2.41. The lowest BCUT2D eigenvalue weighted by molar-refractivity contribution is -0.119. The molecule has 0 saturated heterocycles. The van der Waals surface area contributed by atoms with E-state index in [0.29, 0.717) is 23.4 Å². The molecule has 1 aromatic rings. The lowest BCUT2D eigenvalue weighted by atomic mass is 9.83. The molecule has 1 heterocycles. The van der Waals surface area contributed by atoms with Gasteiger partial charge in [-0.25, -0.2) is 8.42 Å². The molecular weight excluding hydrogens is 276 g/mol. The molecule has 3 N–H and O–H groups in total. The first-order chi connectivity index (χ1) is 9.41. The van der Waals surface area contributed by atoms with E-state index in [9.17, 15) is 13.2 Å². The molecule has 0 saturated carbocycles. The number of nitrogens with one attached hydrogen (secondary N) is 1. The summed E-state index contributed by atoms with van der Waals surface area (Å²) in [5.74, 6) is -0.392. The number of sulfone groups is 1. The summed E-state index contributed by atoms with van der Waals surface area (Å²) in [6, 6.07) is 6.88. The van der Waals surface area contributed by atoms with Crippen molar-refractivity contribution in [3.63, 3.8) is 0 Å². The van der Waals surface area contributed by atoms with E-state index >= 15 is 0 Å². The van der Waals surface area contributed by atoms with E-state index in [2.05, 4.69) is 5.32 Å². The van der Waals surface area contributed by atoms with Gasteiger partial charge in [-0.2, -0.15) is 0 Å². The van der Waals surface area contributed by atoms with Crippen LogP contribution < -0.4 is 11.1 Å². The Morgan fingerprint density at radius 2 is 2.10 bits per heavy atom. The predicted molar refractivity (Wildman–Crippen MR) is 76.9 cm³/mol. The van der Waals surface area contributed by atoms with Crippen molar-refractivity contribution in [2.75, 3.05) is 12.3 Å². The van der Waals surface area contributed by atoms with E-state index in [1.165, 1.54) is 0 Å². The number of carbonyl (C=O) groups excluding carboxylic acids is 1. The van der Waals surface area contributed by atoms with E-state index in [4.69, 9.17) is 5.73 Å². The van der Waals surface area contributed by atoms with Gasteiger partial charge in [-0.1, -0.05) is 25.1 Å². The molecule has 20 heavy (non-hydrogen) atoms. The molecule has 1 amide bonds. The van der Waals surface area contributed by atoms with Crippen LogP contribution in [0.4, 0.5) is 0 Å². The number of primary amides is 1. The smallest absolute Gasteiger partial charge is 0.219 e. The lowest BCUT2D eigenvalue weighted by Gasteiger charge is -2.39. The molecule has 0 aromatic heterocycles. The molecule has 1 aromatic carbocycles. The highest BCUT2D eigenvalue weighted by Crippen LogP contribution is 2.39. The lowest BCUT2D eigenvalue weighted by Crippen LogP contribution is -2.49. The third-order valence-corrected chi connectivity index (χ3v) is 5.49. The van der Waals surface area contributed by atoms with Crippen LogP contribution in [0.3, 0.4) is 0 Å². The zero-order valence-electron chi connectivity index (χ0n) is 11.6. The standard InChI is InChI=1S/C14H20N2O3S/c1-2-8-16-14(10-13(15)17)7-9-20(18,19)12-6-4-3-5-11(12)14/h3-6,16H,2,7-10H2,1H3,(H2,15,17). The summed E-state index contributed by atoms with van der Waals surface area (Å²) in [7, 11) is -3.27. The Hall–Kier alpha value is -1.40. The van der Waals surface area contributed by atoms with Gasteiger partial charge in [0.25, 0.3) is 0 Å². The molecule has 1 atom stereocenters. The Labute approximate surface area is 119 Å². The Morgan fingerprint density at radius 1 is 1.40 bits per heavy atom. The SMILES string of the molecule is CCCNC1(CC(N)=O)CCS(=O)(=O)c2ccccc21. The summed E-state index contributed by atoms with van der Waals surface area (Å²) in [5.41, 5.74) is 5.38. The van der Waals surface area contributed by atoms with Gasteiger partial charge >= 0.3 is 0 Å². The largest absolute Gasteiger partial charge is 0.370 e. The second kappa shape index (κ2) is 5.54. The van der Waals surface area contributed by atoms with E-state index in [1.807, 2.05) is 6.92 Å². The van der Waals surface area contributed by atoms with Crippen molar-refractivity contribution in [3.05, 3.63) is 29.8 Å². The normalized spacial score (nSPS) is 24.1. The van der Waals surface area contributed by atoms with Gasteiger partial charge in [-0.15, -0.1) is 0 Å². The van der Waals surface area contributed by atoms with E-state index in [1.54, 1.807) is 24.3 Å². The second-order valence-corrected chi connectivity index (χ2v) is 7.29. The van der Waals surface area contributed by atoms with Crippen molar-refractivity contribution in [3.8, 4) is 0 Å². The fourth-order valence-electron chi connectivity index (χ4n) is 2.78. The van der Waals surface area contributed by atoms with Crippen LogP contribution in [0.1, 0.15) is 31.7 Å². The quantitative estimate of drug-likeness (QED) is 0.846. The number of carbonyl (C=O) groups is 1. The van der Waals surface area contributed by atoms with E-state index in [-0.39, 0.29) is 12.2 Å². The maximum Gasteiger partial charge on any atom is 0.219 e. The summed E-state index contributed by atoms with van der Waals surface area (Å²) in [4.78, 5) is 11.8. The zero-order valence-corrected chi connectivity index (χ0v) is 12.4. The van der Waals surface area contributed by atoms with Crippen LogP contribution in [0, 0.1) is 0 Å².